The maximum atomic E-state index is 13.2. The SMILES string of the molecule is CC(CC(=O)NC(C1CCCC1)C(F)(F)F)C1CCCNC1. The normalized spacial score (nSPS) is 26.6. The molecular formula is C16H27F3N2O. The topological polar surface area (TPSA) is 41.1 Å². The molecule has 128 valence electrons. The monoisotopic (exact) mass is 320 g/mol. The standard InChI is InChI=1S/C16H27F3N2O/c1-11(13-7-4-8-20-10-13)9-14(22)21-15(16(17,18)19)12-5-2-3-6-12/h11-13,15,20H,2-10H2,1H3,(H,21,22). The van der Waals surface area contributed by atoms with Crippen LogP contribution in [0.5, 0.6) is 0 Å². The molecule has 2 N–H and O–H groups in total. The summed E-state index contributed by atoms with van der Waals surface area (Å²) in [4.78, 5) is 12.1. The Bertz CT molecular complexity index is 361. The van der Waals surface area contributed by atoms with Crippen LogP contribution in [0.25, 0.3) is 0 Å². The minimum atomic E-state index is -4.35. The van der Waals surface area contributed by atoms with E-state index in [-0.39, 0.29) is 12.3 Å². The van der Waals surface area contributed by atoms with Crippen LogP contribution in [0.3, 0.4) is 0 Å². The van der Waals surface area contributed by atoms with Gasteiger partial charge in [0.05, 0.1) is 0 Å². The van der Waals surface area contributed by atoms with Gasteiger partial charge in [-0.3, -0.25) is 4.79 Å². The molecule has 1 aliphatic carbocycles. The number of piperidine rings is 1. The van der Waals surface area contributed by atoms with E-state index < -0.39 is 24.0 Å². The number of amides is 1. The molecule has 3 nitrogen and oxygen atoms in total. The number of hydrogen-bond donors (Lipinski definition) is 2. The van der Waals surface area contributed by atoms with Crippen molar-refractivity contribution in [3.05, 3.63) is 0 Å². The lowest BCUT2D eigenvalue weighted by atomic mass is 9.85. The van der Waals surface area contributed by atoms with Crippen LogP contribution < -0.4 is 10.6 Å². The van der Waals surface area contributed by atoms with Crippen LogP contribution in [0.4, 0.5) is 13.2 Å². The van der Waals surface area contributed by atoms with Gasteiger partial charge in [0.25, 0.3) is 0 Å². The molecule has 3 atom stereocenters. The summed E-state index contributed by atoms with van der Waals surface area (Å²) in [6.07, 6.45) is 0.746. The van der Waals surface area contributed by atoms with E-state index in [1.165, 1.54) is 0 Å². The number of hydrogen-bond acceptors (Lipinski definition) is 2. The molecule has 22 heavy (non-hydrogen) atoms. The van der Waals surface area contributed by atoms with Crippen molar-refractivity contribution < 1.29 is 18.0 Å². The van der Waals surface area contributed by atoms with Crippen molar-refractivity contribution in [2.75, 3.05) is 13.1 Å². The summed E-state index contributed by atoms with van der Waals surface area (Å²) < 4.78 is 39.6. The fourth-order valence-corrected chi connectivity index (χ4v) is 3.81. The highest BCUT2D eigenvalue weighted by molar-refractivity contribution is 5.76. The van der Waals surface area contributed by atoms with Crippen molar-refractivity contribution in [1.29, 1.82) is 0 Å². The zero-order valence-electron chi connectivity index (χ0n) is 13.2. The van der Waals surface area contributed by atoms with E-state index in [1.807, 2.05) is 6.92 Å². The van der Waals surface area contributed by atoms with Gasteiger partial charge in [-0.2, -0.15) is 13.2 Å². The summed E-state index contributed by atoms with van der Waals surface area (Å²) in [6.45, 7) is 3.82. The van der Waals surface area contributed by atoms with Gasteiger partial charge in [-0.15, -0.1) is 0 Å². The molecule has 0 aromatic heterocycles. The number of rotatable bonds is 5. The molecule has 1 saturated carbocycles. The molecule has 1 saturated heterocycles. The first-order valence-corrected chi connectivity index (χ1v) is 8.44. The van der Waals surface area contributed by atoms with E-state index in [9.17, 15) is 18.0 Å². The maximum absolute atomic E-state index is 13.2. The smallest absolute Gasteiger partial charge is 0.344 e. The highest BCUT2D eigenvalue weighted by Gasteiger charge is 2.46. The van der Waals surface area contributed by atoms with Crippen molar-refractivity contribution >= 4 is 5.91 Å². The van der Waals surface area contributed by atoms with Crippen LogP contribution in [-0.2, 0) is 4.79 Å². The van der Waals surface area contributed by atoms with Crippen LogP contribution in [-0.4, -0.2) is 31.2 Å². The van der Waals surface area contributed by atoms with E-state index >= 15 is 0 Å². The minimum absolute atomic E-state index is 0.116. The lowest BCUT2D eigenvalue weighted by Gasteiger charge is -2.30. The Morgan fingerprint density at radius 2 is 1.82 bits per heavy atom. The second-order valence-corrected chi connectivity index (χ2v) is 6.92. The Balaban J connectivity index is 1.87. The first kappa shape index (κ1) is 17.6. The fourth-order valence-electron chi connectivity index (χ4n) is 3.81. The Kier molecular flexibility index (Phi) is 6.12. The van der Waals surface area contributed by atoms with Gasteiger partial charge < -0.3 is 10.6 Å². The Labute approximate surface area is 130 Å². The summed E-state index contributed by atoms with van der Waals surface area (Å²) in [5.74, 6) is -0.400. The molecule has 6 heteroatoms. The highest BCUT2D eigenvalue weighted by atomic mass is 19.4. The molecule has 2 fully saturated rings. The van der Waals surface area contributed by atoms with Gasteiger partial charge >= 0.3 is 6.18 Å². The second-order valence-electron chi connectivity index (χ2n) is 6.92. The van der Waals surface area contributed by atoms with Gasteiger partial charge in [0, 0.05) is 6.42 Å². The molecule has 2 aliphatic rings. The molecular weight excluding hydrogens is 293 g/mol. The molecule has 0 aromatic carbocycles. The Morgan fingerprint density at radius 1 is 1.18 bits per heavy atom. The first-order valence-electron chi connectivity index (χ1n) is 8.44. The summed E-state index contributed by atoms with van der Waals surface area (Å²) in [6, 6.07) is -1.67. The van der Waals surface area contributed by atoms with Crippen LogP contribution >= 0.6 is 0 Å². The maximum Gasteiger partial charge on any atom is 0.408 e. The molecule has 0 spiro atoms. The summed E-state index contributed by atoms with van der Waals surface area (Å²) >= 11 is 0. The molecule has 1 amide bonds. The largest absolute Gasteiger partial charge is 0.408 e. The average Bonchev–Trinajstić information content (AvgIpc) is 2.98. The van der Waals surface area contributed by atoms with Gasteiger partial charge in [0.2, 0.25) is 5.91 Å². The van der Waals surface area contributed by atoms with Gasteiger partial charge in [0.1, 0.15) is 6.04 Å². The van der Waals surface area contributed by atoms with E-state index in [2.05, 4.69) is 10.6 Å². The predicted molar refractivity (Wildman–Crippen MR) is 79.3 cm³/mol. The average molecular weight is 320 g/mol. The van der Waals surface area contributed by atoms with Crippen molar-refractivity contribution in [2.24, 2.45) is 17.8 Å². The van der Waals surface area contributed by atoms with Crippen LogP contribution in [0.2, 0.25) is 0 Å². The van der Waals surface area contributed by atoms with E-state index in [0.717, 1.165) is 38.8 Å². The van der Waals surface area contributed by atoms with E-state index in [4.69, 9.17) is 0 Å². The van der Waals surface area contributed by atoms with Crippen LogP contribution in [0.15, 0.2) is 0 Å². The Morgan fingerprint density at radius 3 is 2.36 bits per heavy atom. The lowest BCUT2D eigenvalue weighted by molar-refractivity contribution is -0.172. The third-order valence-corrected chi connectivity index (χ3v) is 5.19. The fraction of sp³-hybridized carbons (Fsp3) is 0.938. The van der Waals surface area contributed by atoms with Crippen molar-refractivity contribution in [2.45, 2.75) is 64.1 Å². The van der Waals surface area contributed by atoms with Crippen molar-refractivity contribution in [3.8, 4) is 0 Å². The molecule has 0 bridgehead atoms. The van der Waals surface area contributed by atoms with Gasteiger partial charge in [-0.05, 0) is 56.5 Å². The summed E-state index contributed by atoms with van der Waals surface area (Å²) in [5, 5.41) is 5.57. The third-order valence-electron chi connectivity index (χ3n) is 5.19. The molecule has 2 rings (SSSR count). The zero-order chi connectivity index (χ0) is 16.2. The first-order chi connectivity index (χ1) is 10.4. The third kappa shape index (κ3) is 4.86. The quantitative estimate of drug-likeness (QED) is 0.816. The predicted octanol–water partition coefficient (Wildman–Crippen LogP) is 3.25. The second kappa shape index (κ2) is 7.66. The van der Waals surface area contributed by atoms with Crippen molar-refractivity contribution in [1.82, 2.24) is 10.6 Å². The minimum Gasteiger partial charge on any atom is -0.344 e. The van der Waals surface area contributed by atoms with E-state index in [1.54, 1.807) is 0 Å². The summed E-state index contributed by atoms with van der Waals surface area (Å²) in [7, 11) is 0. The number of nitrogens with one attached hydrogen (secondary N) is 2. The number of carbonyl (C=O) groups excluding carboxylic acids is 1. The van der Waals surface area contributed by atoms with Gasteiger partial charge in [-0.25, -0.2) is 0 Å². The van der Waals surface area contributed by atoms with Crippen LogP contribution in [0, 0.1) is 17.8 Å². The molecule has 3 unspecified atom stereocenters. The molecule has 1 heterocycles. The number of carbonyl (C=O) groups is 1. The lowest BCUT2D eigenvalue weighted by Crippen LogP contribution is -2.50. The van der Waals surface area contributed by atoms with Gasteiger partial charge in [-0.1, -0.05) is 19.8 Å². The highest BCUT2D eigenvalue weighted by Crippen LogP contribution is 2.36. The molecule has 0 radical (unpaired) electrons. The summed E-state index contributed by atoms with van der Waals surface area (Å²) in [5.41, 5.74) is 0. The Hall–Kier alpha value is -0.780. The molecule has 0 aromatic rings. The zero-order valence-corrected chi connectivity index (χ0v) is 13.2. The van der Waals surface area contributed by atoms with Gasteiger partial charge in [0.15, 0.2) is 0 Å². The van der Waals surface area contributed by atoms with Crippen LogP contribution in [0.1, 0.15) is 51.9 Å². The number of halogens is 3. The van der Waals surface area contributed by atoms with Crippen molar-refractivity contribution in [3.63, 3.8) is 0 Å². The molecule has 1 aliphatic heterocycles. The number of alkyl halides is 3. The van der Waals surface area contributed by atoms with E-state index in [0.29, 0.717) is 18.8 Å².